The van der Waals surface area contributed by atoms with Gasteiger partial charge in [-0.2, -0.15) is 0 Å². The summed E-state index contributed by atoms with van der Waals surface area (Å²) >= 11 is 0. The van der Waals surface area contributed by atoms with E-state index in [1.807, 2.05) is 0 Å². The fourth-order valence-electron chi connectivity index (χ4n) is 2.97. The van der Waals surface area contributed by atoms with E-state index in [2.05, 4.69) is 0 Å². The van der Waals surface area contributed by atoms with Gasteiger partial charge < -0.3 is 19.3 Å². The standard InChI is InChI=1S/C16H19FN2O4/c1-18-13(20)10-23-15(16(21)19-6-8-22-9-7-19)14(18)11-4-2-3-5-12(11)17/h2-5,14-15H,6-10H2,1H3. The van der Waals surface area contributed by atoms with Gasteiger partial charge in [0.25, 0.3) is 5.91 Å². The molecule has 3 rings (SSSR count). The maximum Gasteiger partial charge on any atom is 0.254 e. The third-order valence-corrected chi connectivity index (χ3v) is 4.27. The number of rotatable bonds is 2. The summed E-state index contributed by atoms with van der Waals surface area (Å²) in [6.07, 6.45) is -0.910. The van der Waals surface area contributed by atoms with Crippen LogP contribution >= 0.6 is 0 Å². The van der Waals surface area contributed by atoms with Gasteiger partial charge in [-0.15, -0.1) is 0 Å². The van der Waals surface area contributed by atoms with Crippen molar-refractivity contribution in [3.05, 3.63) is 35.6 Å². The van der Waals surface area contributed by atoms with Gasteiger partial charge in [-0.3, -0.25) is 9.59 Å². The molecular weight excluding hydrogens is 303 g/mol. The molecule has 2 aliphatic heterocycles. The zero-order valence-electron chi connectivity index (χ0n) is 12.9. The summed E-state index contributed by atoms with van der Waals surface area (Å²) in [4.78, 5) is 27.8. The average molecular weight is 322 g/mol. The number of ether oxygens (including phenoxy) is 2. The van der Waals surface area contributed by atoms with E-state index in [1.54, 1.807) is 30.1 Å². The lowest BCUT2D eigenvalue weighted by Gasteiger charge is -2.40. The first-order valence-electron chi connectivity index (χ1n) is 7.58. The molecule has 2 unspecified atom stereocenters. The van der Waals surface area contributed by atoms with Crippen molar-refractivity contribution < 1.29 is 23.5 Å². The van der Waals surface area contributed by atoms with E-state index in [4.69, 9.17) is 9.47 Å². The van der Waals surface area contributed by atoms with Gasteiger partial charge in [0.1, 0.15) is 12.4 Å². The van der Waals surface area contributed by atoms with Crippen LogP contribution in [0.3, 0.4) is 0 Å². The smallest absolute Gasteiger partial charge is 0.254 e. The van der Waals surface area contributed by atoms with Crippen LogP contribution < -0.4 is 0 Å². The lowest BCUT2D eigenvalue weighted by atomic mass is 9.96. The number of carbonyl (C=O) groups excluding carboxylic acids is 2. The Morgan fingerprint density at radius 2 is 1.96 bits per heavy atom. The van der Waals surface area contributed by atoms with Crippen LogP contribution in [-0.4, -0.2) is 67.7 Å². The van der Waals surface area contributed by atoms with Crippen molar-refractivity contribution in [2.45, 2.75) is 12.1 Å². The van der Waals surface area contributed by atoms with Crippen LogP contribution in [-0.2, 0) is 19.1 Å². The molecule has 0 saturated carbocycles. The van der Waals surface area contributed by atoms with E-state index in [0.29, 0.717) is 26.3 Å². The molecule has 2 fully saturated rings. The normalized spacial score (nSPS) is 25.6. The second-order valence-electron chi connectivity index (χ2n) is 5.64. The average Bonchev–Trinajstić information content (AvgIpc) is 2.58. The van der Waals surface area contributed by atoms with Crippen molar-refractivity contribution in [1.29, 1.82) is 0 Å². The molecule has 124 valence electrons. The molecule has 0 radical (unpaired) electrons. The molecular formula is C16H19FN2O4. The molecule has 0 spiro atoms. The lowest BCUT2D eigenvalue weighted by molar-refractivity contribution is -0.169. The van der Waals surface area contributed by atoms with Crippen molar-refractivity contribution in [2.24, 2.45) is 0 Å². The number of benzene rings is 1. The molecule has 1 aromatic rings. The third kappa shape index (κ3) is 3.07. The van der Waals surface area contributed by atoms with E-state index < -0.39 is 18.0 Å². The van der Waals surface area contributed by atoms with E-state index >= 15 is 0 Å². The van der Waals surface area contributed by atoms with Crippen LogP contribution in [0.5, 0.6) is 0 Å². The first-order valence-corrected chi connectivity index (χ1v) is 7.58. The molecule has 2 atom stereocenters. The molecule has 7 heteroatoms. The van der Waals surface area contributed by atoms with Crippen molar-refractivity contribution in [2.75, 3.05) is 40.0 Å². The molecule has 23 heavy (non-hydrogen) atoms. The molecule has 0 bridgehead atoms. The maximum absolute atomic E-state index is 14.2. The molecule has 0 N–H and O–H groups in total. The fourth-order valence-corrected chi connectivity index (χ4v) is 2.97. The summed E-state index contributed by atoms with van der Waals surface area (Å²) in [5.74, 6) is -0.965. The van der Waals surface area contributed by atoms with Gasteiger partial charge in [0.05, 0.1) is 19.3 Å². The van der Waals surface area contributed by atoms with E-state index in [1.165, 1.54) is 11.0 Å². The van der Waals surface area contributed by atoms with E-state index in [0.717, 1.165) is 0 Å². The first-order chi connectivity index (χ1) is 11.1. The summed E-state index contributed by atoms with van der Waals surface area (Å²) in [6, 6.07) is 5.38. The van der Waals surface area contributed by atoms with Crippen molar-refractivity contribution in [3.63, 3.8) is 0 Å². The number of hydrogen-bond donors (Lipinski definition) is 0. The predicted molar refractivity (Wildman–Crippen MR) is 79.1 cm³/mol. The zero-order valence-corrected chi connectivity index (χ0v) is 12.9. The lowest BCUT2D eigenvalue weighted by Crippen LogP contribution is -2.55. The predicted octanol–water partition coefficient (Wildman–Crippen LogP) is 0.583. The minimum atomic E-state index is -0.910. The summed E-state index contributed by atoms with van der Waals surface area (Å²) in [6.45, 7) is 1.71. The van der Waals surface area contributed by atoms with Gasteiger partial charge in [0.2, 0.25) is 5.91 Å². The molecule has 0 aromatic heterocycles. The van der Waals surface area contributed by atoms with Crippen molar-refractivity contribution in [3.8, 4) is 0 Å². The van der Waals surface area contributed by atoms with Crippen LogP contribution in [0.4, 0.5) is 4.39 Å². The Labute approximate surface area is 133 Å². The first kappa shape index (κ1) is 15.9. The van der Waals surface area contributed by atoms with Gasteiger partial charge in [0, 0.05) is 25.7 Å². The number of halogens is 1. The minimum Gasteiger partial charge on any atom is -0.378 e. The SMILES string of the molecule is CN1C(=O)COC(C(=O)N2CCOCC2)C1c1ccccc1F. The van der Waals surface area contributed by atoms with Crippen LogP contribution in [0.15, 0.2) is 24.3 Å². The number of carbonyl (C=O) groups is 2. The van der Waals surface area contributed by atoms with Crippen LogP contribution in [0.2, 0.25) is 0 Å². The summed E-state index contributed by atoms with van der Waals surface area (Å²) < 4.78 is 25.0. The molecule has 1 aromatic carbocycles. The third-order valence-electron chi connectivity index (χ3n) is 4.27. The number of amides is 2. The van der Waals surface area contributed by atoms with Gasteiger partial charge in [-0.25, -0.2) is 4.39 Å². The maximum atomic E-state index is 14.2. The highest BCUT2D eigenvalue weighted by atomic mass is 19.1. The zero-order chi connectivity index (χ0) is 16.4. The van der Waals surface area contributed by atoms with Gasteiger partial charge >= 0.3 is 0 Å². The Bertz CT molecular complexity index is 603. The van der Waals surface area contributed by atoms with Crippen LogP contribution in [0, 0.1) is 5.82 Å². The number of nitrogens with zero attached hydrogens (tertiary/aromatic N) is 2. The highest BCUT2D eigenvalue weighted by Crippen LogP contribution is 2.31. The largest absolute Gasteiger partial charge is 0.378 e. The highest BCUT2D eigenvalue weighted by molar-refractivity contribution is 5.86. The second kappa shape index (κ2) is 6.64. The molecule has 0 aliphatic carbocycles. The fraction of sp³-hybridized carbons (Fsp3) is 0.500. The topological polar surface area (TPSA) is 59.1 Å². The monoisotopic (exact) mass is 322 g/mol. The second-order valence-corrected chi connectivity index (χ2v) is 5.64. The van der Waals surface area contributed by atoms with Crippen molar-refractivity contribution >= 4 is 11.8 Å². The van der Waals surface area contributed by atoms with Crippen molar-refractivity contribution in [1.82, 2.24) is 9.80 Å². The highest BCUT2D eigenvalue weighted by Gasteiger charge is 2.43. The summed E-state index contributed by atoms with van der Waals surface area (Å²) in [5.41, 5.74) is 0.287. The number of likely N-dealkylation sites (N-methyl/N-ethyl adjacent to an activating group) is 1. The number of hydrogen-bond acceptors (Lipinski definition) is 4. The Hall–Kier alpha value is -1.99. The summed E-state index contributed by atoms with van der Waals surface area (Å²) in [5, 5.41) is 0. The Kier molecular flexibility index (Phi) is 4.58. The van der Waals surface area contributed by atoms with Gasteiger partial charge in [-0.1, -0.05) is 18.2 Å². The quantitative estimate of drug-likeness (QED) is 0.799. The molecule has 2 aliphatic rings. The minimum absolute atomic E-state index is 0.178. The Morgan fingerprint density at radius 1 is 1.26 bits per heavy atom. The Morgan fingerprint density at radius 3 is 2.65 bits per heavy atom. The molecule has 6 nitrogen and oxygen atoms in total. The van der Waals surface area contributed by atoms with Gasteiger partial charge in [-0.05, 0) is 6.07 Å². The molecule has 2 heterocycles. The van der Waals surface area contributed by atoms with Gasteiger partial charge in [0.15, 0.2) is 6.10 Å². The molecule has 2 amide bonds. The van der Waals surface area contributed by atoms with E-state index in [9.17, 15) is 14.0 Å². The summed E-state index contributed by atoms with van der Waals surface area (Å²) in [7, 11) is 1.57. The van der Waals surface area contributed by atoms with Crippen LogP contribution in [0.25, 0.3) is 0 Å². The van der Waals surface area contributed by atoms with Crippen LogP contribution in [0.1, 0.15) is 11.6 Å². The molecule has 2 saturated heterocycles. The number of morpholine rings is 2. The Balaban J connectivity index is 1.91. The van der Waals surface area contributed by atoms with E-state index in [-0.39, 0.29) is 24.0 Å².